The molecule has 0 aliphatic heterocycles. The molecule has 0 spiro atoms. The molecule has 40 heavy (non-hydrogen) atoms. The number of nitrogens with zero attached hydrogens (tertiary/aromatic N) is 2. The normalized spacial score (nSPS) is 10.4. The van der Waals surface area contributed by atoms with Gasteiger partial charge in [0, 0.05) is 37.6 Å². The van der Waals surface area contributed by atoms with Crippen LogP contribution in [0, 0.1) is 0 Å². The summed E-state index contributed by atoms with van der Waals surface area (Å²) in [7, 11) is 0. The molecule has 0 N–H and O–H groups in total. The van der Waals surface area contributed by atoms with Crippen LogP contribution >= 0.6 is 24.8 Å². The van der Waals surface area contributed by atoms with Gasteiger partial charge >= 0.3 is 0 Å². The number of hydrogen-bond donors (Lipinski definition) is 0. The average Bonchev–Trinajstić information content (AvgIpc) is 2.95. The number of ether oxygens (including phenoxy) is 2. The van der Waals surface area contributed by atoms with Crippen LogP contribution in [0.4, 0.5) is 11.4 Å². The number of halogens is 2. The van der Waals surface area contributed by atoms with Gasteiger partial charge in [0.25, 0.3) is 0 Å². The molecule has 230 valence electrons. The molecule has 4 nitrogen and oxygen atoms in total. The molecule has 2 aromatic carbocycles. The van der Waals surface area contributed by atoms with Crippen LogP contribution in [0.25, 0.3) is 0 Å². The summed E-state index contributed by atoms with van der Waals surface area (Å²) in [4.78, 5) is 5.08. The molecule has 0 radical (unpaired) electrons. The van der Waals surface area contributed by atoms with Crippen LogP contribution in [0.2, 0.25) is 0 Å². The monoisotopic (exact) mass is 596 g/mol. The predicted molar refractivity (Wildman–Crippen MR) is 181 cm³/mol. The number of benzene rings is 2. The minimum Gasteiger partial charge on any atom is -0.490 e. The van der Waals surface area contributed by atoms with E-state index in [4.69, 9.17) is 9.47 Å². The van der Waals surface area contributed by atoms with Crippen molar-refractivity contribution in [2.75, 3.05) is 49.2 Å². The van der Waals surface area contributed by atoms with E-state index in [0.29, 0.717) is 13.2 Å². The lowest BCUT2D eigenvalue weighted by Gasteiger charge is -2.25. The molecule has 0 saturated heterocycles. The summed E-state index contributed by atoms with van der Waals surface area (Å²) in [5.74, 6) is 1.81. The summed E-state index contributed by atoms with van der Waals surface area (Å²) < 4.78 is 12.0. The Morgan fingerprint density at radius 3 is 0.950 bits per heavy atom. The van der Waals surface area contributed by atoms with Gasteiger partial charge < -0.3 is 19.3 Å². The summed E-state index contributed by atoms with van der Waals surface area (Å²) in [6, 6.07) is 17.2. The van der Waals surface area contributed by atoms with Gasteiger partial charge in [-0.3, -0.25) is 0 Å². The third-order valence-electron chi connectivity index (χ3n) is 7.15. The molecule has 0 atom stereocenters. The highest BCUT2D eigenvalue weighted by atomic mass is 35.5. The minimum atomic E-state index is 0. The van der Waals surface area contributed by atoms with Crippen molar-refractivity contribution in [2.45, 2.75) is 105 Å². The molecule has 0 aliphatic carbocycles. The second kappa shape index (κ2) is 25.0. The first-order chi connectivity index (χ1) is 18.7. The molecule has 6 heteroatoms. The maximum Gasteiger partial charge on any atom is 0.122 e. The summed E-state index contributed by atoms with van der Waals surface area (Å²) in [6.07, 6.45) is 15.3. The summed E-state index contributed by atoms with van der Waals surface area (Å²) in [5, 5.41) is 0. The van der Waals surface area contributed by atoms with Crippen molar-refractivity contribution in [3.8, 4) is 11.5 Å². The number of unbranched alkanes of at least 4 members (excludes halogenated alkanes) is 8. The van der Waals surface area contributed by atoms with Crippen molar-refractivity contribution in [1.82, 2.24) is 0 Å². The van der Waals surface area contributed by atoms with Gasteiger partial charge in [0.1, 0.15) is 24.7 Å². The Labute approximate surface area is 259 Å². The zero-order valence-electron chi connectivity index (χ0n) is 25.9. The van der Waals surface area contributed by atoms with Gasteiger partial charge in [0.2, 0.25) is 0 Å². The van der Waals surface area contributed by atoms with Crippen LogP contribution in [0.15, 0.2) is 48.5 Å². The first kappa shape index (κ1) is 38.2. The maximum absolute atomic E-state index is 5.98. The van der Waals surface area contributed by atoms with E-state index in [0.717, 1.165) is 37.7 Å². The Morgan fingerprint density at radius 1 is 0.425 bits per heavy atom. The molecule has 0 aromatic heterocycles. The second-order valence-electron chi connectivity index (χ2n) is 10.5. The fraction of sp³-hybridized carbons (Fsp3) is 0.647. The highest BCUT2D eigenvalue weighted by Gasteiger charge is 2.08. The van der Waals surface area contributed by atoms with E-state index in [1.54, 1.807) is 0 Å². The molecule has 0 heterocycles. The van der Waals surface area contributed by atoms with Crippen molar-refractivity contribution in [1.29, 1.82) is 0 Å². The SMILES string of the molecule is CCCCCN(CCCCC)c1ccc(OCCOc2ccc(N(CCCCC)CCCCC)cc2)cc1.Cl.Cl. The van der Waals surface area contributed by atoms with Crippen molar-refractivity contribution < 1.29 is 9.47 Å². The molecule has 0 aliphatic rings. The van der Waals surface area contributed by atoms with Gasteiger partial charge in [0.15, 0.2) is 0 Å². The first-order valence-electron chi connectivity index (χ1n) is 15.7. The van der Waals surface area contributed by atoms with Crippen molar-refractivity contribution in [3.63, 3.8) is 0 Å². The third-order valence-corrected chi connectivity index (χ3v) is 7.15. The zero-order valence-corrected chi connectivity index (χ0v) is 27.5. The van der Waals surface area contributed by atoms with Gasteiger partial charge in [-0.25, -0.2) is 0 Å². The smallest absolute Gasteiger partial charge is 0.122 e. The van der Waals surface area contributed by atoms with Crippen LogP contribution in [0.5, 0.6) is 11.5 Å². The predicted octanol–water partition coefficient (Wildman–Crippen LogP) is 10.4. The largest absolute Gasteiger partial charge is 0.490 e. The fourth-order valence-corrected chi connectivity index (χ4v) is 4.78. The molecule has 0 bridgehead atoms. The Kier molecular flexibility index (Phi) is 23.9. The maximum atomic E-state index is 5.98. The average molecular weight is 598 g/mol. The lowest BCUT2D eigenvalue weighted by Crippen LogP contribution is -2.25. The fourth-order valence-electron chi connectivity index (χ4n) is 4.78. The molecular weight excluding hydrogens is 539 g/mol. The van der Waals surface area contributed by atoms with E-state index in [2.05, 4.69) is 86.0 Å². The van der Waals surface area contributed by atoms with Crippen LogP contribution in [0.3, 0.4) is 0 Å². The van der Waals surface area contributed by atoms with E-state index in [-0.39, 0.29) is 24.8 Å². The van der Waals surface area contributed by atoms with Crippen LogP contribution < -0.4 is 19.3 Å². The van der Waals surface area contributed by atoms with E-state index in [1.807, 2.05) is 0 Å². The van der Waals surface area contributed by atoms with E-state index in [9.17, 15) is 0 Å². The zero-order chi connectivity index (χ0) is 27.3. The Bertz CT molecular complexity index is 728. The molecule has 0 fully saturated rings. The van der Waals surface area contributed by atoms with Crippen LogP contribution in [-0.4, -0.2) is 39.4 Å². The number of anilines is 2. The molecule has 0 saturated carbocycles. The van der Waals surface area contributed by atoms with E-state index < -0.39 is 0 Å². The summed E-state index contributed by atoms with van der Waals surface area (Å²) >= 11 is 0. The topological polar surface area (TPSA) is 24.9 Å². The summed E-state index contributed by atoms with van der Waals surface area (Å²) in [6.45, 7) is 14.7. The highest BCUT2D eigenvalue weighted by Crippen LogP contribution is 2.23. The van der Waals surface area contributed by atoms with Gasteiger partial charge in [-0.1, -0.05) is 79.1 Å². The van der Waals surface area contributed by atoms with Gasteiger partial charge in [0.05, 0.1) is 0 Å². The van der Waals surface area contributed by atoms with Crippen molar-refractivity contribution in [3.05, 3.63) is 48.5 Å². The quantitative estimate of drug-likeness (QED) is 0.119. The van der Waals surface area contributed by atoms with Crippen molar-refractivity contribution in [2.24, 2.45) is 0 Å². The standard InChI is InChI=1S/C34H56N2O2.2ClH/c1-5-9-13-25-35(26-14-10-6-2)31-17-21-33(22-18-31)37-29-30-38-34-23-19-32(20-24-34)36(27-15-11-7-3)28-16-12-8-4;;/h17-24H,5-16,25-30H2,1-4H3;2*1H. The molecular formula is C34H58Cl2N2O2. The summed E-state index contributed by atoms with van der Waals surface area (Å²) in [5.41, 5.74) is 2.61. The molecule has 2 aromatic rings. The number of rotatable bonds is 23. The van der Waals surface area contributed by atoms with Crippen LogP contribution in [-0.2, 0) is 0 Å². The first-order valence-corrected chi connectivity index (χ1v) is 15.7. The Morgan fingerprint density at radius 2 is 0.700 bits per heavy atom. The van der Waals surface area contributed by atoms with E-state index in [1.165, 1.54) is 88.4 Å². The second-order valence-corrected chi connectivity index (χ2v) is 10.5. The van der Waals surface area contributed by atoms with E-state index >= 15 is 0 Å². The molecule has 2 rings (SSSR count). The van der Waals surface area contributed by atoms with Crippen molar-refractivity contribution >= 4 is 36.2 Å². The van der Waals surface area contributed by atoms with Gasteiger partial charge in [-0.2, -0.15) is 0 Å². The highest BCUT2D eigenvalue weighted by molar-refractivity contribution is 5.85. The minimum absolute atomic E-state index is 0. The molecule has 0 unspecified atom stereocenters. The van der Waals surface area contributed by atoms with Gasteiger partial charge in [-0.05, 0) is 74.2 Å². The van der Waals surface area contributed by atoms with Gasteiger partial charge in [-0.15, -0.1) is 24.8 Å². The lowest BCUT2D eigenvalue weighted by molar-refractivity contribution is 0.217. The lowest BCUT2D eigenvalue weighted by atomic mass is 10.2. The van der Waals surface area contributed by atoms with Crippen LogP contribution in [0.1, 0.15) is 105 Å². The third kappa shape index (κ3) is 15.9. The Balaban J connectivity index is 0.00000760. The Hall–Kier alpha value is -1.78. The molecule has 0 amide bonds. The number of hydrogen-bond acceptors (Lipinski definition) is 4.